The highest BCUT2D eigenvalue weighted by Gasteiger charge is 2.13. The van der Waals surface area contributed by atoms with Crippen LogP contribution in [0.5, 0.6) is 0 Å². The summed E-state index contributed by atoms with van der Waals surface area (Å²) in [6, 6.07) is 1.61. The van der Waals surface area contributed by atoms with Crippen molar-refractivity contribution in [1.82, 2.24) is 9.97 Å². The number of aromatic nitrogens is 2. The molecule has 0 aliphatic rings. The summed E-state index contributed by atoms with van der Waals surface area (Å²) in [6.45, 7) is -3.97. The highest BCUT2D eigenvalue weighted by Crippen LogP contribution is 2.51. The van der Waals surface area contributed by atoms with Crippen molar-refractivity contribution in [2.45, 2.75) is 5.75 Å². The number of hydrogen-bond donors (Lipinski definition) is 2. The van der Waals surface area contributed by atoms with E-state index in [2.05, 4.69) is 9.97 Å². The van der Waals surface area contributed by atoms with Gasteiger partial charge in [0.2, 0.25) is 0 Å². The van der Waals surface area contributed by atoms with E-state index in [1.54, 1.807) is 6.07 Å². The molecule has 0 aliphatic carbocycles. The average molecular weight is 206 g/mol. The first-order valence-corrected chi connectivity index (χ1v) is 6.23. The van der Waals surface area contributed by atoms with Gasteiger partial charge >= 0.3 is 6.80 Å². The maximum atomic E-state index is 10.4. The zero-order valence-electron chi connectivity index (χ0n) is 5.99. The Bertz CT molecular complexity index is 288. The predicted molar refractivity (Wildman–Crippen MR) is 45.4 cm³/mol. The number of nitrogens with zero attached hydrogens (tertiary/aromatic N) is 2. The minimum absolute atomic E-state index is 0.201. The molecule has 5 nitrogen and oxygen atoms in total. The minimum atomic E-state index is -3.97. The molecule has 0 bridgehead atoms. The fourth-order valence-corrected chi connectivity index (χ4v) is 1.93. The van der Waals surface area contributed by atoms with Crippen LogP contribution in [-0.2, 0) is 10.3 Å². The van der Waals surface area contributed by atoms with Gasteiger partial charge in [-0.25, -0.2) is 14.5 Å². The summed E-state index contributed by atoms with van der Waals surface area (Å²) < 4.78 is 10.4. The molecule has 0 spiro atoms. The summed E-state index contributed by atoms with van der Waals surface area (Å²) in [4.78, 5) is 24.5. The van der Waals surface area contributed by atoms with Crippen LogP contribution in [0.15, 0.2) is 18.6 Å². The quantitative estimate of drug-likeness (QED) is 0.712. The maximum Gasteiger partial charge on any atom is 0.384 e. The lowest BCUT2D eigenvalue weighted by molar-refractivity contribution is 0.397. The van der Waals surface area contributed by atoms with Gasteiger partial charge in [0.25, 0.3) is 0 Å². The van der Waals surface area contributed by atoms with Crippen LogP contribution >= 0.6 is 18.2 Å². The van der Waals surface area contributed by atoms with Crippen molar-refractivity contribution in [3.05, 3.63) is 24.3 Å². The van der Waals surface area contributed by atoms with Gasteiger partial charge in [-0.15, -0.1) is 0 Å². The lowest BCUT2D eigenvalue weighted by atomic mass is 10.5. The summed E-state index contributed by atoms with van der Waals surface area (Å²) in [5.74, 6) is 0.201. The van der Waals surface area contributed by atoms with Crippen LogP contribution in [0.2, 0.25) is 0 Å². The third-order valence-corrected chi connectivity index (χ3v) is 3.18. The molecule has 0 aromatic carbocycles. The van der Waals surface area contributed by atoms with Gasteiger partial charge in [0, 0.05) is 11.9 Å². The molecule has 0 saturated heterocycles. The third kappa shape index (κ3) is 3.82. The highest BCUT2D eigenvalue weighted by atomic mass is 32.7. The van der Waals surface area contributed by atoms with Crippen molar-refractivity contribution in [3.63, 3.8) is 0 Å². The van der Waals surface area contributed by atoms with Crippen molar-refractivity contribution >= 4 is 18.2 Å². The second kappa shape index (κ2) is 4.00. The fourth-order valence-electron chi connectivity index (χ4n) is 0.554. The highest BCUT2D eigenvalue weighted by molar-refractivity contribution is 8.54. The first-order chi connectivity index (χ1) is 5.58. The Kier molecular flexibility index (Phi) is 3.22. The van der Waals surface area contributed by atoms with Crippen LogP contribution < -0.4 is 0 Å². The zero-order valence-corrected chi connectivity index (χ0v) is 7.70. The van der Waals surface area contributed by atoms with Crippen LogP contribution in [0.3, 0.4) is 0 Å². The Morgan fingerprint density at radius 2 is 2.33 bits per heavy atom. The normalized spacial score (nSPS) is 11.5. The molecule has 0 fully saturated rings. The van der Waals surface area contributed by atoms with Crippen molar-refractivity contribution in [3.8, 4) is 0 Å². The van der Waals surface area contributed by atoms with E-state index in [0.29, 0.717) is 17.1 Å². The number of hydrogen-bond acceptors (Lipinski definition) is 4. The smallest absolute Gasteiger partial charge is 0.317 e. The lowest BCUT2D eigenvalue weighted by Crippen LogP contribution is -1.86. The van der Waals surface area contributed by atoms with Crippen LogP contribution in [0.1, 0.15) is 5.69 Å². The van der Waals surface area contributed by atoms with Gasteiger partial charge in [-0.3, -0.25) is 0 Å². The Hall–Kier alpha value is -0.420. The van der Waals surface area contributed by atoms with E-state index in [-0.39, 0.29) is 5.75 Å². The molecule has 0 atom stereocenters. The molecular formula is C5H7N2O3PS. The number of rotatable bonds is 3. The van der Waals surface area contributed by atoms with Gasteiger partial charge in [-0.2, -0.15) is 0 Å². The Morgan fingerprint density at radius 3 is 2.83 bits per heavy atom. The summed E-state index contributed by atoms with van der Waals surface area (Å²) in [7, 11) is 0. The van der Waals surface area contributed by atoms with E-state index < -0.39 is 6.80 Å². The molecule has 1 rings (SSSR count). The molecule has 0 radical (unpaired) electrons. The van der Waals surface area contributed by atoms with Gasteiger partial charge in [-0.1, -0.05) is 0 Å². The third-order valence-electron chi connectivity index (χ3n) is 1.02. The van der Waals surface area contributed by atoms with Crippen molar-refractivity contribution in [2.24, 2.45) is 0 Å². The van der Waals surface area contributed by atoms with Gasteiger partial charge in [0.15, 0.2) is 0 Å². The first-order valence-electron chi connectivity index (χ1n) is 3.03. The largest absolute Gasteiger partial charge is 0.384 e. The van der Waals surface area contributed by atoms with E-state index in [0.717, 1.165) is 0 Å². The van der Waals surface area contributed by atoms with Crippen LogP contribution in [0, 0.1) is 0 Å². The maximum absolute atomic E-state index is 10.4. The van der Waals surface area contributed by atoms with E-state index in [4.69, 9.17) is 9.79 Å². The molecule has 0 aliphatic heterocycles. The van der Waals surface area contributed by atoms with Crippen LogP contribution in [-0.4, -0.2) is 19.8 Å². The molecule has 1 aromatic heterocycles. The second-order valence-corrected chi connectivity index (χ2v) is 5.69. The lowest BCUT2D eigenvalue weighted by Gasteiger charge is -2.00. The molecule has 0 saturated carbocycles. The molecule has 0 unspecified atom stereocenters. The van der Waals surface area contributed by atoms with E-state index >= 15 is 0 Å². The zero-order chi connectivity index (χ0) is 9.03. The molecule has 2 N–H and O–H groups in total. The summed E-state index contributed by atoms with van der Waals surface area (Å²) >= 11 is 0.563. The van der Waals surface area contributed by atoms with E-state index in [9.17, 15) is 4.57 Å². The summed E-state index contributed by atoms with van der Waals surface area (Å²) in [6.07, 6.45) is 2.87. The SMILES string of the molecule is O=P(O)(O)SCc1ccncn1. The molecule has 12 heavy (non-hydrogen) atoms. The van der Waals surface area contributed by atoms with E-state index in [1.807, 2.05) is 0 Å². The Labute approximate surface area is 73.2 Å². The summed E-state index contributed by atoms with van der Waals surface area (Å²) in [5.41, 5.74) is 0.610. The fraction of sp³-hybridized carbons (Fsp3) is 0.200. The summed E-state index contributed by atoms with van der Waals surface area (Å²) in [5, 5.41) is 0. The van der Waals surface area contributed by atoms with E-state index in [1.165, 1.54) is 12.5 Å². The monoisotopic (exact) mass is 206 g/mol. The standard InChI is InChI=1S/C5H7N2O3PS/c8-11(9,10)12-3-5-1-2-6-4-7-5/h1-2,4H,3H2,(H2,8,9,10). The molecule has 1 heterocycles. The van der Waals surface area contributed by atoms with Gasteiger partial charge in [0.1, 0.15) is 6.33 Å². The Balaban J connectivity index is 2.50. The van der Waals surface area contributed by atoms with Crippen molar-refractivity contribution in [2.75, 3.05) is 0 Å². The second-order valence-electron chi connectivity index (χ2n) is 1.96. The van der Waals surface area contributed by atoms with Crippen LogP contribution in [0.25, 0.3) is 0 Å². The minimum Gasteiger partial charge on any atom is -0.317 e. The Morgan fingerprint density at radius 1 is 1.58 bits per heavy atom. The molecule has 66 valence electrons. The average Bonchev–Trinajstić information content (AvgIpc) is 2.02. The molecule has 0 amide bonds. The van der Waals surface area contributed by atoms with Gasteiger partial charge in [0.05, 0.1) is 5.69 Å². The molecular weight excluding hydrogens is 199 g/mol. The molecule has 7 heteroatoms. The van der Waals surface area contributed by atoms with Crippen LogP contribution in [0.4, 0.5) is 0 Å². The van der Waals surface area contributed by atoms with Gasteiger partial charge in [-0.05, 0) is 17.4 Å². The predicted octanol–water partition coefficient (Wildman–Crippen LogP) is 0.802. The van der Waals surface area contributed by atoms with Crippen molar-refractivity contribution in [1.29, 1.82) is 0 Å². The van der Waals surface area contributed by atoms with Crippen molar-refractivity contribution < 1.29 is 14.4 Å². The first kappa shape index (κ1) is 9.67. The molecule has 1 aromatic rings. The topological polar surface area (TPSA) is 83.3 Å². The van der Waals surface area contributed by atoms with Gasteiger partial charge < -0.3 is 9.79 Å².